The second kappa shape index (κ2) is 9.77. The fourth-order valence-electron chi connectivity index (χ4n) is 8.00. The maximum Gasteiger partial charge on any atom is 0.131 e. The van der Waals surface area contributed by atoms with Gasteiger partial charge in [0.25, 0.3) is 0 Å². The van der Waals surface area contributed by atoms with Gasteiger partial charge in [-0.1, -0.05) is 115 Å². The summed E-state index contributed by atoms with van der Waals surface area (Å²) in [6.45, 7) is 0. The van der Waals surface area contributed by atoms with Crippen molar-refractivity contribution >= 4 is 66.4 Å². The second-order valence-electron chi connectivity index (χ2n) is 12.6. The molecule has 1 aliphatic heterocycles. The first-order chi connectivity index (χ1) is 23.8. The Bertz CT molecular complexity index is 2910. The topological polar surface area (TPSA) is 14.8 Å². The van der Waals surface area contributed by atoms with E-state index in [4.69, 9.17) is 0 Å². The van der Waals surface area contributed by atoms with Crippen LogP contribution in [0.3, 0.4) is 0 Å². The van der Waals surface area contributed by atoms with E-state index in [-0.39, 0.29) is 0 Å². The van der Waals surface area contributed by atoms with Crippen molar-refractivity contribution in [2.24, 2.45) is 0 Å². The van der Waals surface area contributed by atoms with E-state index < -0.39 is 0 Å². The predicted octanol–water partition coefficient (Wildman–Crippen LogP) is 12.0. The molecule has 0 amide bonds. The molecule has 0 atom stereocenters. The summed E-state index contributed by atoms with van der Waals surface area (Å²) in [6, 6.07) is 59.8. The van der Waals surface area contributed by atoms with Crippen molar-refractivity contribution in [2.75, 3.05) is 0 Å². The van der Waals surface area contributed by atoms with E-state index in [1.54, 1.807) is 0 Å². The van der Waals surface area contributed by atoms with Crippen molar-refractivity contribution in [2.45, 2.75) is 9.79 Å². The highest BCUT2D eigenvalue weighted by Gasteiger charge is 2.28. The van der Waals surface area contributed by atoms with Crippen molar-refractivity contribution in [1.29, 1.82) is 0 Å². The Morgan fingerprint density at radius 2 is 1.10 bits per heavy atom. The van der Waals surface area contributed by atoms with E-state index in [9.17, 15) is 0 Å². The Kier molecular flexibility index (Phi) is 5.32. The molecule has 1 aliphatic rings. The average Bonchev–Trinajstić information content (AvgIpc) is 3.78. The van der Waals surface area contributed by atoms with Gasteiger partial charge >= 0.3 is 0 Å². The van der Waals surface area contributed by atoms with Gasteiger partial charge in [-0.3, -0.25) is 9.13 Å². The van der Waals surface area contributed by atoms with E-state index in [0.717, 1.165) is 11.4 Å². The lowest BCUT2D eigenvalue weighted by Crippen LogP contribution is -2.05. The first-order valence-electron chi connectivity index (χ1n) is 16.4. The van der Waals surface area contributed by atoms with Gasteiger partial charge in [0.1, 0.15) is 5.65 Å². The van der Waals surface area contributed by atoms with Gasteiger partial charge in [0.15, 0.2) is 0 Å². The molecule has 0 bridgehead atoms. The number of benzene rings is 7. The molecule has 224 valence electrons. The van der Waals surface area contributed by atoms with Crippen LogP contribution in [0.15, 0.2) is 174 Å². The SMILES string of the molecule is c1ccc(-c2ccc3c4cc(-n5c6ccccc6c6c7cccc8c7n(c65)-c5ccccc5S8)ccc4n(-c4ccccc4)c3c2)cc1. The zero-order chi connectivity index (χ0) is 31.3. The number of fused-ring (bicyclic) bond motifs is 10. The van der Waals surface area contributed by atoms with Crippen molar-refractivity contribution in [3.05, 3.63) is 164 Å². The van der Waals surface area contributed by atoms with Crippen LogP contribution in [0.4, 0.5) is 0 Å². The maximum atomic E-state index is 2.51. The van der Waals surface area contributed by atoms with Crippen molar-refractivity contribution < 1.29 is 0 Å². The molecule has 4 heterocycles. The van der Waals surface area contributed by atoms with Crippen LogP contribution in [0.5, 0.6) is 0 Å². The summed E-state index contributed by atoms with van der Waals surface area (Å²) >= 11 is 1.87. The van der Waals surface area contributed by atoms with Crippen LogP contribution in [0, 0.1) is 0 Å². The van der Waals surface area contributed by atoms with Gasteiger partial charge in [-0.05, 0) is 71.8 Å². The molecular weight excluding hydrogens is 603 g/mol. The summed E-state index contributed by atoms with van der Waals surface area (Å²) in [5.41, 5.74) is 12.1. The highest BCUT2D eigenvalue weighted by atomic mass is 32.2. The van der Waals surface area contributed by atoms with E-state index in [1.165, 1.54) is 81.3 Å². The molecule has 3 aromatic heterocycles. The molecule has 11 rings (SSSR count). The van der Waals surface area contributed by atoms with Gasteiger partial charge in [-0.25, -0.2) is 0 Å². The molecule has 48 heavy (non-hydrogen) atoms. The van der Waals surface area contributed by atoms with Crippen LogP contribution in [0.1, 0.15) is 0 Å². The van der Waals surface area contributed by atoms with Crippen LogP contribution >= 0.6 is 11.8 Å². The van der Waals surface area contributed by atoms with Gasteiger partial charge in [0.2, 0.25) is 0 Å². The molecule has 0 saturated heterocycles. The monoisotopic (exact) mass is 629 g/mol. The number of rotatable bonds is 3. The first-order valence-corrected chi connectivity index (χ1v) is 17.2. The minimum Gasteiger partial charge on any atom is -0.309 e. The third kappa shape index (κ3) is 3.50. The van der Waals surface area contributed by atoms with Crippen LogP contribution in [-0.4, -0.2) is 13.7 Å². The van der Waals surface area contributed by atoms with Gasteiger partial charge < -0.3 is 4.57 Å². The molecule has 0 saturated carbocycles. The minimum absolute atomic E-state index is 1.16. The number of para-hydroxylation sites is 4. The molecule has 0 radical (unpaired) electrons. The fourth-order valence-corrected chi connectivity index (χ4v) is 9.09. The Morgan fingerprint density at radius 1 is 0.375 bits per heavy atom. The standard InChI is InChI=1S/C44H27N3S/c1-3-12-28(13-4-1)29-22-24-32-35-27-31(23-25-37(35)45(39(32)26-29)30-14-5-2-6-15-30)46-36-18-8-7-16-33(36)42-34-17-11-21-41-43(34)47(44(42)46)38-19-9-10-20-40(38)48-41/h1-27H. The summed E-state index contributed by atoms with van der Waals surface area (Å²) in [4.78, 5) is 2.58. The fraction of sp³-hybridized carbons (Fsp3) is 0. The van der Waals surface area contributed by atoms with Crippen molar-refractivity contribution in [3.8, 4) is 28.2 Å². The van der Waals surface area contributed by atoms with Gasteiger partial charge in [-0.2, -0.15) is 0 Å². The van der Waals surface area contributed by atoms with E-state index >= 15 is 0 Å². The largest absolute Gasteiger partial charge is 0.309 e. The summed E-state index contributed by atoms with van der Waals surface area (Å²) in [6.07, 6.45) is 0. The molecule has 0 N–H and O–H groups in total. The molecule has 10 aromatic rings. The zero-order valence-electron chi connectivity index (χ0n) is 25.8. The summed E-state index contributed by atoms with van der Waals surface area (Å²) in [5.74, 6) is 0. The normalized spacial score (nSPS) is 12.5. The lowest BCUT2D eigenvalue weighted by atomic mass is 10.0. The van der Waals surface area contributed by atoms with Crippen LogP contribution in [0.25, 0.3) is 82.8 Å². The highest BCUT2D eigenvalue weighted by Crippen LogP contribution is 2.49. The summed E-state index contributed by atoms with van der Waals surface area (Å²) < 4.78 is 7.42. The summed E-state index contributed by atoms with van der Waals surface area (Å²) in [7, 11) is 0. The van der Waals surface area contributed by atoms with Crippen molar-refractivity contribution in [1.82, 2.24) is 13.7 Å². The predicted molar refractivity (Wildman–Crippen MR) is 202 cm³/mol. The van der Waals surface area contributed by atoms with Crippen molar-refractivity contribution in [3.63, 3.8) is 0 Å². The Hall–Kier alpha value is -5.97. The number of hydrogen-bond acceptors (Lipinski definition) is 1. The summed E-state index contributed by atoms with van der Waals surface area (Å²) in [5, 5.41) is 6.36. The van der Waals surface area contributed by atoms with E-state index in [1.807, 2.05) is 11.8 Å². The van der Waals surface area contributed by atoms with Crippen LogP contribution in [0.2, 0.25) is 0 Å². The number of nitrogens with zero attached hydrogens (tertiary/aromatic N) is 3. The molecule has 0 fully saturated rings. The number of hydrogen-bond donors (Lipinski definition) is 0. The smallest absolute Gasteiger partial charge is 0.131 e. The van der Waals surface area contributed by atoms with Gasteiger partial charge in [0, 0.05) is 48.1 Å². The highest BCUT2D eigenvalue weighted by molar-refractivity contribution is 7.99. The molecule has 4 heteroatoms. The van der Waals surface area contributed by atoms with Gasteiger partial charge in [-0.15, -0.1) is 0 Å². The lowest BCUT2D eigenvalue weighted by molar-refractivity contribution is 1.03. The Balaban J connectivity index is 1.26. The third-order valence-corrected chi connectivity index (χ3v) is 11.1. The lowest BCUT2D eigenvalue weighted by Gasteiger charge is -2.21. The van der Waals surface area contributed by atoms with E-state index in [2.05, 4.69) is 177 Å². The van der Waals surface area contributed by atoms with Gasteiger partial charge in [0.05, 0.1) is 27.8 Å². The molecule has 0 aliphatic carbocycles. The molecule has 0 unspecified atom stereocenters. The quantitative estimate of drug-likeness (QED) is 0.190. The number of aromatic nitrogens is 3. The molecule has 0 spiro atoms. The zero-order valence-corrected chi connectivity index (χ0v) is 26.7. The second-order valence-corrected chi connectivity index (χ2v) is 13.7. The molecule has 7 aromatic carbocycles. The minimum atomic E-state index is 1.16. The molecular formula is C44H27N3S. The average molecular weight is 630 g/mol. The third-order valence-electron chi connectivity index (χ3n) is 10.0. The Labute approximate surface area is 280 Å². The maximum absolute atomic E-state index is 2.51. The van der Waals surface area contributed by atoms with Crippen LogP contribution in [-0.2, 0) is 0 Å². The molecule has 3 nitrogen and oxygen atoms in total. The Morgan fingerprint density at radius 3 is 2.00 bits per heavy atom. The first kappa shape index (κ1) is 26.1. The van der Waals surface area contributed by atoms with Crippen LogP contribution < -0.4 is 0 Å². The van der Waals surface area contributed by atoms with E-state index in [0.29, 0.717) is 0 Å².